The lowest BCUT2D eigenvalue weighted by Gasteiger charge is -2.16. The molecule has 0 aliphatic heterocycles. The van der Waals surface area contributed by atoms with Crippen LogP contribution in [0.5, 0.6) is 0 Å². The zero-order chi connectivity index (χ0) is 23.7. The average molecular weight is 461 g/mol. The zero-order valence-corrected chi connectivity index (χ0v) is 19.2. The predicted octanol–water partition coefficient (Wildman–Crippen LogP) is 4.23. The first-order valence-corrected chi connectivity index (χ1v) is 11.7. The molecule has 9 heteroatoms. The molecule has 4 aromatic rings. The zero-order valence-electron chi connectivity index (χ0n) is 19.2. The van der Waals surface area contributed by atoms with Gasteiger partial charge in [0.1, 0.15) is 11.6 Å². The number of nitrogen functional groups attached to an aromatic ring is 1. The van der Waals surface area contributed by atoms with Gasteiger partial charge in [0.2, 0.25) is 5.95 Å². The summed E-state index contributed by atoms with van der Waals surface area (Å²) < 4.78 is 15.8. The van der Waals surface area contributed by atoms with Crippen LogP contribution in [0, 0.1) is 5.82 Å². The van der Waals surface area contributed by atoms with Crippen molar-refractivity contribution in [2.45, 2.75) is 57.7 Å². The van der Waals surface area contributed by atoms with E-state index in [9.17, 15) is 4.39 Å². The van der Waals surface area contributed by atoms with Crippen LogP contribution in [0.1, 0.15) is 50.0 Å². The summed E-state index contributed by atoms with van der Waals surface area (Å²) >= 11 is 0. The number of aromatic nitrogens is 5. The van der Waals surface area contributed by atoms with E-state index in [2.05, 4.69) is 24.8 Å². The Morgan fingerprint density at radius 2 is 1.97 bits per heavy atom. The quantitative estimate of drug-likeness (QED) is 0.377. The summed E-state index contributed by atoms with van der Waals surface area (Å²) in [6, 6.07) is 10.6. The molecule has 5 N–H and O–H groups in total. The highest BCUT2D eigenvalue weighted by molar-refractivity contribution is 5.85. The highest BCUT2D eigenvalue weighted by Gasteiger charge is 2.25. The second-order valence-corrected chi connectivity index (χ2v) is 9.04. The Bertz CT molecular complexity index is 1290. The van der Waals surface area contributed by atoms with Crippen LogP contribution in [0.2, 0.25) is 0 Å². The summed E-state index contributed by atoms with van der Waals surface area (Å²) in [5.74, 6) is 1.46. The van der Waals surface area contributed by atoms with Crippen LogP contribution in [-0.4, -0.2) is 30.5 Å². The van der Waals surface area contributed by atoms with Crippen molar-refractivity contribution in [3.63, 3.8) is 0 Å². The van der Waals surface area contributed by atoms with Gasteiger partial charge in [-0.05, 0) is 43.5 Å². The van der Waals surface area contributed by atoms with E-state index in [0.29, 0.717) is 36.0 Å². The summed E-state index contributed by atoms with van der Waals surface area (Å²) in [5, 5.41) is 3.36. The summed E-state index contributed by atoms with van der Waals surface area (Å²) in [5.41, 5.74) is 16.1. The summed E-state index contributed by atoms with van der Waals surface area (Å²) in [4.78, 5) is 18.4. The molecule has 1 atom stereocenters. The van der Waals surface area contributed by atoms with Gasteiger partial charge in [0.15, 0.2) is 17.0 Å². The molecule has 5 rings (SSSR count). The number of hydrogen-bond donors (Lipinski definition) is 3. The van der Waals surface area contributed by atoms with Gasteiger partial charge in [-0.25, -0.2) is 9.37 Å². The molecule has 1 saturated carbocycles. The normalized spacial score (nSPS) is 15.1. The van der Waals surface area contributed by atoms with E-state index in [1.807, 2.05) is 25.1 Å². The van der Waals surface area contributed by atoms with Crippen molar-refractivity contribution < 1.29 is 4.39 Å². The molecule has 0 saturated heterocycles. The van der Waals surface area contributed by atoms with Crippen molar-refractivity contribution in [2.75, 3.05) is 11.1 Å². The van der Waals surface area contributed by atoms with E-state index in [-0.39, 0.29) is 17.8 Å². The fraction of sp³-hybridized carbons (Fsp3) is 0.360. The Hall–Kier alpha value is -3.59. The lowest BCUT2D eigenvalue weighted by atomic mass is 10.1. The van der Waals surface area contributed by atoms with Gasteiger partial charge in [-0.2, -0.15) is 9.97 Å². The highest BCUT2D eigenvalue weighted by Crippen LogP contribution is 2.35. The van der Waals surface area contributed by atoms with E-state index in [4.69, 9.17) is 16.5 Å². The van der Waals surface area contributed by atoms with Crippen molar-refractivity contribution >= 4 is 22.9 Å². The Morgan fingerprint density at radius 1 is 1.15 bits per heavy atom. The van der Waals surface area contributed by atoms with E-state index >= 15 is 0 Å². The highest BCUT2D eigenvalue weighted by atomic mass is 19.1. The minimum absolute atomic E-state index is 0.0126. The van der Waals surface area contributed by atoms with Crippen LogP contribution in [0.15, 0.2) is 42.6 Å². The average Bonchev–Trinajstić information content (AvgIpc) is 3.45. The van der Waals surface area contributed by atoms with Crippen molar-refractivity contribution in [1.82, 2.24) is 24.5 Å². The number of imidazole rings is 1. The first-order valence-electron chi connectivity index (χ1n) is 11.7. The van der Waals surface area contributed by atoms with Gasteiger partial charge in [0, 0.05) is 36.8 Å². The maximum absolute atomic E-state index is 13.5. The summed E-state index contributed by atoms with van der Waals surface area (Å²) in [6.45, 7) is 2.47. The van der Waals surface area contributed by atoms with Crippen LogP contribution < -0.4 is 16.8 Å². The second-order valence-electron chi connectivity index (χ2n) is 9.04. The van der Waals surface area contributed by atoms with Crippen LogP contribution >= 0.6 is 0 Å². The molecule has 3 heterocycles. The van der Waals surface area contributed by atoms with Gasteiger partial charge >= 0.3 is 0 Å². The van der Waals surface area contributed by atoms with E-state index < -0.39 is 0 Å². The van der Waals surface area contributed by atoms with Gasteiger partial charge < -0.3 is 21.4 Å². The van der Waals surface area contributed by atoms with Gasteiger partial charge in [-0.1, -0.05) is 31.0 Å². The number of halogens is 1. The van der Waals surface area contributed by atoms with Crippen LogP contribution in [0.25, 0.3) is 22.4 Å². The van der Waals surface area contributed by atoms with Crippen molar-refractivity contribution in [3.8, 4) is 11.3 Å². The SMILES string of the molecule is CC(N)Cc1nc2c(NCc3ccc(-c4cccc(F)c4)nc3)nc(N)nc2n1C1CCCC1. The molecule has 3 aromatic heterocycles. The lowest BCUT2D eigenvalue weighted by Crippen LogP contribution is -2.21. The topological polar surface area (TPSA) is 121 Å². The minimum atomic E-state index is -0.282. The molecule has 0 radical (unpaired) electrons. The number of anilines is 2. The van der Waals surface area contributed by atoms with Crippen LogP contribution in [0.4, 0.5) is 16.2 Å². The maximum atomic E-state index is 13.5. The van der Waals surface area contributed by atoms with Crippen molar-refractivity contribution in [1.29, 1.82) is 0 Å². The Balaban J connectivity index is 1.42. The monoisotopic (exact) mass is 460 g/mol. The molecule has 0 amide bonds. The Morgan fingerprint density at radius 3 is 2.68 bits per heavy atom. The number of nitrogens with one attached hydrogen (secondary N) is 1. The molecule has 1 aromatic carbocycles. The minimum Gasteiger partial charge on any atom is -0.368 e. The Labute approximate surface area is 197 Å². The molecular weight excluding hydrogens is 431 g/mol. The molecule has 176 valence electrons. The number of benzene rings is 1. The lowest BCUT2D eigenvalue weighted by molar-refractivity contribution is 0.499. The predicted molar refractivity (Wildman–Crippen MR) is 132 cm³/mol. The van der Waals surface area contributed by atoms with E-state index in [1.54, 1.807) is 12.3 Å². The molecule has 1 aliphatic rings. The molecule has 0 spiro atoms. The van der Waals surface area contributed by atoms with Gasteiger partial charge in [-0.3, -0.25) is 4.98 Å². The number of nitrogens with two attached hydrogens (primary N) is 2. The largest absolute Gasteiger partial charge is 0.368 e. The third-order valence-electron chi connectivity index (χ3n) is 6.23. The summed E-state index contributed by atoms with van der Waals surface area (Å²) in [7, 11) is 0. The molecule has 1 fully saturated rings. The third kappa shape index (κ3) is 4.56. The Kier molecular flexibility index (Phi) is 6.10. The maximum Gasteiger partial charge on any atom is 0.224 e. The number of nitrogens with zero attached hydrogens (tertiary/aromatic N) is 5. The van der Waals surface area contributed by atoms with E-state index in [1.165, 1.54) is 25.0 Å². The fourth-order valence-corrected chi connectivity index (χ4v) is 4.67. The number of hydrogen-bond acceptors (Lipinski definition) is 7. The van der Waals surface area contributed by atoms with Gasteiger partial charge in [0.25, 0.3) is 0 Å². The van der Waals surface area contributed by atoms with E-state index in [0.717, 1.165) is 35.4 Å². The standard InChI is InChI=1S/C25H29FN8/c1-15(27)11-21-31-22-23(32-25(28)33-24(22)34(21)19-7-2-3-8-19)30-14-16-9-10-20(29-13-16)17-5-4-6-18(26)12-17/h4-6,9-10,12-13,15,19H,2-3,7-8,11,14,27H2,1H3,(H3,28,30,32,33). The second kappa shape index (κ2) is 9.34. The molecule has 1 unspecified atom stereocenters. The molecule has 34 heavy (non-hydrogen) atoms. The summed E-state index contributed by atoms with van der Waals surface area (Å²) in [6.07, 6.45) is 7.05. The molecular formula is C25H29FN8. The first-order chi connectivity index (χ1) is 16.5. The van der Waals surface area contributed by atoms with Gasteiger partial charge in [-0.15, -0.1) is 0 Å². The third-order valence-corrected chi connectivity index (χ3v) is 6.23. The fourth-order valence-electron chi connectivity index (χ4n) is 4.67. The smallest absolute Gasteiger partial charge is 0.224 e. The van der Waals surface area contributed by atoms with Gasteiger partial charge in [0.05, 0.1) is 5.69 Å². The van der Waals surface area contributed by atoms with Crippen molar-refractivity contribution in [2.24, 2.45) is 5.73 Å². The number of pyridine rings is 1. The number of rotatable bonds is 7. The van der Waals surface area contributed by atoms with Crippen molar-refractivity contribution in [3.05, 3.63) is 59.8 Å². The first kappa shape index (κ1) is 22.2. The molecule has 0 bridgehead atoms. The molecule has 1 aliphatic carbocycles. The van der Waals surface area contributed by atoms with Crippen LogP contribution in [-0.2, 0) is 13.0 Å². The van der Waals surface area contributed by atoms with Crippen LogP contribution in [0.3, 0.4) is 0 Å². The number of fused-ring (bicyclic) bond motifs is 1. The molecule has 8 nitrogen and oxygen atoms in total.